The van der Waals surface area contributed by atoms with Crippen molar-refractivity contribution in [1.82, 2.24) is 9.78 Å². The molecular weight excluding hydrogens is 478 g/mol. The number of ether oxygens (including phenoxy) is 2. The molecule has 2 aromatic heterocycles. The lowest BCUT2D eigenvalue weighted by atomic mass is 10.0. The Labute approximate surface area is 212 Å². The van der Waals surface area contributed by atoms with Crippen LogP contribution in [0.15, 0.2) is 58.7 Å². The average Bonchev–Trinajstić information content (AvgIpc) is 3.27. The third kappa shape index (κ3) is 5.31. The van der Waals surface area contributed by atoms with Gasteiger partial charge in [0.05, 0.1) is 17.7 Å². The summed E-state index contributed by atoms with van der Waals surface area (Å²) < 4.78 is 12.0. The highest BCUT2D eigenvalue weighted by molar-refractivity contribution is 7.16. The van der Waals surface area contributed by atoms with Crippen LogP contribution in [-0.4, -0.2) is 34.9 Å². The van der Waals surface area contributed by atoms with Crippen molar-refractivity contribution in [2.24, 2.45) is 0 Å². The summed E-state index contributed by atoms with van der Waals surface area (Å²) in [5.41, 5.74) is 2.16. The molecule has 0 unspecified atom stereocenters. The first-order valence-electron chi connectivity index (χ1n) is 11.6. The molecule has 0 aliphatic rings. The maximum Gasteiger partial charge on any atom is 0.359 e. The van der Waals surface area contributed by atoms with Gasteiger partial charge in [-0.05, 0) is 55.2 Å². The van der Waals surface area contributed by atoms with Gasteiger partial charge in [-0.1, -0.05) is 38.1 Å². The molecule has 1 amide bonds. The molecule has 2 heterocycles. The molecule has 0 aliphatic carbocycles. The quantitative estimate of drug-likeness (QED) is 0.336. The van der Waals surface area contributed by atoms with Crippen LogP contribution in [0.3, 0.4) is 0 Å². The number of thiophene rings is 1. The standard InChI is InChI=1S/C27H27N3O5S/c1-5-34-27(33)24-21-15-36-25(23(21)26(32)30(29-24)19-8-6-7-17(4)13-19)28-22(31)14-35-20-11-9-18(10-12-20)16(2)3/h6-13,15-16H,5,14H2,1-4H3,(H,28,31). The number of hydrogen-bond acceptors (Lipinski definition) is 7. The smallest absolute Gasteiger partial charge is 0.359 e. The molecule has 0 saturated heterocycles. The van der Waals surface area contributed by atoms with E-state index in [4.69, 9.17) is 9.47 Å². The monoisotopic (exact) mass is 505 g/mol. The fraction of sp³-hybridized carbons (Fsp3) is 0.259. The van der Waals surface area contributed by atoms with Crippen molar-refractivity contribution in [1.29, 1.82) is 0 Å². The fourth-order valence-electron chi connectivity index (χ4n) is 3.69. The summed E-state index contributed by atoms with van der Waals surface area (Å²) in [7, 11) is 0. The van der Waals surface area contributed by atoms with Crippen LogP contribution in [0.25, 0.3) is 16.5 Å². The summed E-state index contributed by atoms with van der Waals surface area (Å²) in [6.45, 7) is 7.72. The SMILES string of the molecule is CCOC(=O)c1nn(-c2cccc(C)c2)c(=O)c2c(NC(=O)COc3ccc(C(C)C)cc3)scc12. The largest absolute Gasteiger partial charge is 0.484 e. The normalized spacial score (nSPS) is 11.0. The zero-order valence-corrected chi connectivity index (χ0v) is 21.3. The van der Waals surface area contributed by atoms with Crippen LogP contribution in [0.4, 0.5) is 5.00 Å². The Hall–Kier alpha value is -3.98. The Kier molecular flexibility index (Phi) is 7.49. The predicted octanol–water partition coefficient (Wildman–Crippen LogP) is 5.07. The van der Waals surface area contributed by atoms with E-state index in [1.165, 1.54) is 5.56 Å². The Bertz CT molecular complexity index is 1470. The first kappa shape index (κ1) is 25.1. The molecule has 4 aromatic rings. The van der Waals surface area contributed by atoms with E-state index in [2.05, 4.69) is 24.3 Å². The molecule has 0 fully saturated rings. The number of nitrogens with one attached hydrogen (secondary N) is 1. The molecule has 4 rings (SSSR count). The lowest BCUT2D eigenvalue weighted by Gasteiger charge is -2.11. The highest BCUT2D eigenvalue weighted by Crippen LogP contribution is 2.31. The molecule has 0 radical (unpaired) electrons. The van der Waals surface area contributed by atoms with Crippen LogP contribution >= 0.6 is 11.3 Å². The van der Waals surface area contributed by atoms with E-state index in [0.29, 0.717) is 27.7 Å². The molecule has 0 bridgehead atoms. The summed E-state index contributed by atoms with van der Waals surface area (Å²) in [5, 5.41) is 9.52. The highest BCUT2D eigenvalue weighted by Gasteiger charge is 2.23. The van der Waals surface area contributed by atoms with Gasteiger partial charge in [0.25, 0.3) is 11.5 Å². The number of nitrogens with zero attached hydrogens (tertiary/aromatic N) is 2. The van der Waals surface area contributed by atoms with E-state index in [-0.39, 0.29) is 24.3 Å². The zero-order valence-electron chi connectivity index (χ0n) is 20.5. The molecule has 0 spiro atoms. The number of carbonyl (C=O) groups is 2. The second kappa shape index (κ2) is 10.7. The molecule has 2 aromatic carbocycles. The average molecular weight is 506 g/mol. The Morgan fingerprint density at radius 3 is 2.56 bits per heavy atom. The van der Waals surface area contributed by atoms with Crippen molar-refractivity contribution in [2.75, 3.05) is 18.5 Å². The molecule has 9 heteroatoms. The van der Waals surface area contributed by atoms with Crippen molar-refractivity contribution < 1.29 is 19.1 Å². The van der Waals surface area contributed by atoms with Crippen LogP contribution in [0.2, 0.25) is 0 Å². The Morgan fingerprint density at radius 1 is 1.14 bits per heavy atom. The van der Waals surface area contributed by atoms with Gasteiger partial charge in [0, 0.05) is 10.8 Å². The van der Waals surface area contributed by atoms with Crippen LogP contribution in [-0.2, 0) is 9.53 Å². The van der Waals surface area contributed by atoms with E-state index >= 15 is 0 Å². The number of fused-ring (bicyclic) bond motifs is 1. The molecule has 36 heavy (non-hydrogen) atoms. The van der Waals surface area contributed by atoms with Crippen LogP contribution in [0.1, 0.15) is 48.3 Å². The predicted molar refractivity (Wildman–Crippen MR) is 141 cm³/mol. The minimum absolute atomic E-state index is 0.00574. The number of benzene rings is 2. The number of aromatic nitrogens is 2. The van der Waals surface area contributed by atoms with Crippen molar-refractivity contribution in [3.05, 3.63) is 81.1 Å². The molecule has 186 valence electrons. The van der Waals surface area contributed by atoms with Gasteiger partial charge in [-0.25, -0.2) is 4.79 Å². The highest BCUT2D eigenvalue weighted by atomic mass is 32.1. The zero-order chi connectivity index (χ0) is 25.8. The number of hydrogen-bond donors (Lipinski definition) is 1. The maximum atomic E-state index is 13.5. The maximum absolute atomic E-state index is 13.5. The first-order chi connectivity index (χ1) is 17.3. The van der Waals surface area contributed by atoms with Gasteiger partial charge in [-0.2, -0.15) is 9.78 Å². The molecule has 0 atom stereocenters. The van der Waals surface area contributed by atoms with Crippen molar-refractivity contribution in [3.63, 3.8) is 0 Å². The molecule has 8 nitrogen and oxygen atoms in total. The van der Waals surface area contributed by atoms with Gasteiger partial charge in [-0.15, -0.1) is 11.3 Å². The number of rotatable bonds is 8. The fourth-order valence-corrected chi connectivity index (χ4v) is 4.64. The lowest BCUT2D eigenvalue weighted by Crippen LogP contribution is -2.26. The van der Waals surface area contributed by atoms with Gasteiger partial charge in [0.2, 0.25) is 0 Å². The number of anilines is 1. The number of aryl methyl sites for hydroxylation is 1. The topological polar surface area (TPSA) is 99.5 Å². The molecule has 0 saturated carbocycles. The van der Waals surface area contributed by atoms with E-state index in [1.807, 2.05) is 37.3 Å². The van der Waals surface area contributed by atoms with E-state index < -0.39 is 17.4 Å². The van der Waals surface area contributed by atoms with Gasteiger partial charge in [0.1, 0.15) is 10.8 Å². The Balaban J connectivity index is 1.66. The van der Waals surface area contributed by atoms with Gasteiger partial charge >= 0.3 is 5.97 Å². The summed E-state index contributed by atoms with van der Waals surface area (Å²) in [6, 6.07) is 14.8. The second-order valence-corrected chi connectivity index (χ2v) is 9.42. The summed E-state index contributed by atoms with van der Waals surface area (Å²) in [6.07, 6.45) is 0. The van der Waals surface area contributed by atoms with E-state index in [0.717, 1.165) is 21.6 Å². The van der Waals surface area contributed by atoms with Gasteiger partial charge in [0.15, 0.2) is 12.3 Å². The van der Waals surface area contributed by atoms with Crippen molar-refractivity contribution in [2.45, 2.75) is 33.6 Å². The van der Waals surface area contributed by atoms with Crippen LogP contribution < -0.4 is 15.6 Å². The summed E-state index contributed by atoms with van der Waals surface area (Å²) >= 11 is 1.14. The third-order valence-electron chi connectivity index (χ3n) is 5.54. The number of carbonyl (C=O) groups excluding carboxylic acids is 2. The van der Waals surface area contributed by atoms with Crippen molar-refractivity contribution >= 4 is 39.0 Å². The molecule has 1 N–H and O–H groups in total. The minimum Gasteiger partial charge on any atom is -0.484 e. The number of esters is 1. The minimum atomic E-state index is -0.646. The van der Waals surface area contributed by atoms with E-state index in [9.17, 15) is 14.4 Å². The Morgan fingerprint density at radius 2 is 1.89 bits per heavy atom. The van der Waals surface area contributed by atoms with Crippen LogP contribution in [0.5, 0.6) is 5.75 Å². The van der Waals surface area contributed by atoms with Gasteiger partial charge < -0.3 is 14.8 Å². The second-order valence-electron chi connectivity index (χ2n) is 8.54. The third-order valence-corrected chi connectivity index (χ3v) is 6.43. The molecule has 0 aliphatic heterocycles. The van der Waals surface area contributed by atoms with E-state index in [1.54, 1.807) is 30.5 Å². The lowest BCUT2D eigenvalue weighted by molar-refractivity contribution is -0.118. The van der Waals surface area contributed by atoms with Crippen molar-refractivity contribution in [3.8, 4) is 11.4 Å². The van der Waals surface area contributed by atoms with Crippen LogP contribution in [0, 0.1) is 6.92 Å². The summed E-state index contributed by atoms with van der Waals surface area (Å²) in [4.78, 5) is 38.8. The first-order valence-corrected chi connectivity index (χ1v) is 12.5. The van der Waals surface area contributed by atoms with Gasteiger partial charge in [-0.3, -0.25) is 9.59 Å². The number of amides is 1. The molecular formula is C27H27N3O5S. The summed E-state index contributed by atoms with van der Waals surface area (Å²) in [5.74, 6) is -0.107.